The fourth-order valence-electron chi connectivity index (χ4n) is 0.684. The van der Waals surface area contributed by atoms with Gasteiger partial charge in [0.2, 0.25) is 0 Å². The molecule has 1 aromatic rings. The molecule has 0 saturated carbocycles. The highest BCUT2D eigenvalue weighted by molar-refractivity contribution is 14.1. The van der Waals surface area contributed by atoms with Crippen LogP contribution in [0.4, 0.5) is 0 Å². The Balaban J connectivity index is 2.39. The molecule has 3 heteroatoms. The molecule has 0 aliphatic carbocycles. The summed E-state index contributed by atoms with van der Waals surface area (Å²) in [6, 6.07) is 5.82. The normalized spacial score (nSPS) is 12.9. The van der Waals surface area contributed by atoms with Crippen molar-refractivity contribution >= 4 is 22.6 Å². The standard InChI is InChI=1S/C8H10INO/c1-7(9)11-6-8-4-2-3-5-10-8/h2-5,7H,6H2,1H3. The summed E-state index contributed by atoms with van der Waals surface area (Å²) in [7, 11) is 0. The molecule has 0 saturated heterocycles. The summed E-state index contributed by atoms with van der Waals surface area (Å²) in [5, 5.41) is 0. The Labute approximate surface area is 80.1 Å². The van der Waals surface area contributed by atoms with E-state index in [2.05, 4.69) is 27.6 Å². The van der Waals surface area contributed by atoms with Gasteiger partial charge in [0.05, 0.1) is 12.3 Å². The van der Waals surface area contributed by atoms with Crippen LogP contribution in [0.1, 0.15) is 12.6 Å². The minimum atomic E-state index is 0.245. The van der Waals surface area contributed by atoms with Gasteiger partial charge in [-0.3, -0.25) is 4.98 Å². The van der Waals surface area contributed by atoms with Crippen molar-refractivity contribution in [3.63, 3.8) is 0 Å². The molecule has 0 fully saturated rings. The lowest BCUT2D eigenvalue weighted by molar-refractivity contribution is 0.118. The maximum absolute atomic E-state index is 5.35. The summed E-state index contributed by atoms with van der Waals surface area (Å²) in [6.45, 7) is 2.61. The lowest BCUT2D eigenvalue weighted by atomic mass is 10.4. The molecule has 1 aromatic heterocycles. The van der Waals surface area contributed by atoms with Crippen molar-refractivity contribution in [1.82, 2.24) is 4.98 Å². The number of aromatic nitrogens is 1. The van der Waals surface area contributed by atoms with Gasteiger partial charge in [-0.25, -0.2) is 0 Å². The van der Waals surface area contributed by atoms with Gasteiger partial charge in [-0.2, -0.15) is 0 Å². The van der Waals surface area contributed by atoms with E-state index in [0.29, 0.717) is 6.61 Å². The third kappa shape index (κ3) is 3.67. The Morgan fingerprint density at radius 2 is 2.45 bits per heavy atom. The fraction of sp³-hybridized carbons (Fsp3) is 0.375. The van der Waals surface area contributed by atoms with Crippen molar-refractivity contribution < 1.29 is 4.74 Å². The summed E-state index contributed by atoms with van der Waals surface area (Å²) in [6.07, 6.45) is 1.77. The van der Waals surface area contributed by atoms with E-state index in [1.165, 1.54) is 0 Å². The molecular weight excluding hydrogens is 253 g/mol. The molecule has 1 unspecified atom stereocenters. The van der Waals surface area contributed by atoms with Gasteiger partial charge >= 0.3 is 0 Å². The Bertz CT molecular complexity index is 201. The molecule has 0 aliphatic heterocycles. The number of halogens is 1. The van der Waals surface area contributed by atoms with Crippen molar-refractivity contribution in [3.8, 4) is 0 Å². The van der Waals surface area contributed by atoms with Crippen molar-refractivity contribution in [2.24, 2.45) is 0 Å². The van der Waals surface area contributed by atoms with E-state index in [-0.39, 0.29) is 4.11 Å². The minimum absolute atomic E-state index is 0.245. The van der Waals surface area contributed by atoms with Gasteiger partial charge in [-0.05, 0) is 19.1 Å². The van der Waals surface area contributed by atoms with Gasteiger partial charge in [-0.1, -0.05) is 28.7 Å². The molecule has 60 valence electrons. The minimum Gasteiger partial charge on any atom is -0.362 e. The third-order valence-electron chi connectivity index (χ3n) is 1.19. The second-order valence-electron chi connectivity index (χ2n) is 2.18. The van der Waals surface area contributed by atoms with Crippen molar-refractivity contribution in [1.29, 1.82) is 0 Å². The van der Waals surface area contributed by atoms with Crippen LogP contribution in [0.15, 0.2) is 24.4 Å². The first-order valence-electron chi connectivity index (χ1n) is 3.44. The second kappa shape index (κ2) is 4.66. The van der Waals surface area contributed by atoms with E-state index < -0.39 is 0 Å². The number of alkyl halides is 1. The second-order valence-corrected chi connectivity index (χ2v) is 3.93. The van der Waals surface area contributed by atoms with E-state index in [1.807, 2.05) is 25.1 Å². The molecular formula is C8H10INO. The lowest BCUT2D eigenvalue weighted by Crippen LogP contribution is -1.99. The number of pyridine rings is 1. The van der Waals surface area contributed by atoms with Gasteiger partial charge in [0.15, 0.2) is 0 Å². The van der Waals surface area contributed by atoms with Gasteiger partial charge in [0.25, 0.3) is 0 Å². The zero-order valence-electron chi connectivity index (χ0n) is 6.33. The number of nitrogens with zero attached hydrogens (tertiary/aromatic N) is 1. The molecule has 0 spiro atoms. The van der Waals surface area contributed by atoms with Crippen LogP contribution in [-0.2, 0) is 11.3 Å². The first kappa shape index (κ1) is 8.93. The molecule has 0 radical (unpaired) electrons. The van der Waals surface area contributed by atoms with Crippen LogP contribution in [-0.4, -0.2) is 9.09 Å². The Morgan fingerprint density at radius 1 is 1.64 bits per heavy atom. The maximum atomic E-state index is 5.35. The van der Waals surface area contributed by atoms with Crippen LogP contribution in [0.5, 0.6) is 0 Å². The van der Waals surface area contributed by atoms with Crippen LogP contribution in [0.25, 0.3) is 0 Å². The van der Waals surface area contributed by atoms with Crippen molar-refractivity contribution in [2.45, 2.75) is 17.6 Å². The fourth-order valence-corrected chi connectivity index (χ4v) is 0.864. The van der Waals surface area contributed by atoms with Crippen LogP contribution in [0, 0.1) is 0 Å². The highest BCUT2D eigenvalue weighted by atomic mass is 127. The molecule has 1 heterocycles. The SMILES string of the molecule is CC(I)OCc1ccccn1. The Hall–Kier alpha value is -0.160. The van der Waals surface area contributed by atoms with Crippen LogP contribution in [0.2, 0.25) is 0 Å². The predicted octanol–water partition coefficient (Wildman–Crippen LogP) is 2.38. The van der Waals surface area contributed by atoms with E-state index in [0.717, 1.165) is 5.69 Å². The smallest absolute Gasteiger partial charge is 0.106 e. The van der Waals surface area contributed by atoms with E-state index in [1.54, 1.807) is 6.20 Å². The van der Waals surface area contributed by atoms with Crippen molar-refractivity contribution in [3.05, 3.63) is 30.1 Å². The van der Waals surface area contributed by atoms with Gasteiger partial charge in [0.1, 0.15) is 4.11 Å². The van der Waals surface area contributed by atoms with Crippen LogP contribution >= 0.6 is 22.6 Å². The zero-order chi connectivity index (χ0) is 8.10. The molecule has 1 atom stereocenters. The lowest BCUT2D eigenvalue weighted by Gasteiger charge is -2.04. The largest absolute Gasteiger partial charge is 0.362 e. The molecule has 0 amide bonds. The zero-order valence-corrected chi connectivity index (χ0v) is 8.48. The summed E-state index contributed by atoms with van der Waals surface area (Å²) in [5.74, 6) is 0. The Morgan fingerprint density at radius 3 is 3.00 bits per heavy atom. The monoisotopic (exact) mass is 263 g/mol. The number of hydrogen-bond acceptors (Lipinski definition) is 2. The number of hydrogen-bond donors (Lipinski definition) is 0. The predicted molar refractivity (Wildman–Crippen MR) is 52.5 cm³/mol. The highest BCUT2D eigenvalue weighted by Gasteiger charge is 1.96. The molecule has 1 rings (SSSR count). The van der Waals surface area contributed by atoms with Gasteiger partial charge in [-0.15, -0.1) is 0 Å². The molecule has 0 aliphatic rings. The average molecular weight is 263 g/mol. The average Bonchev–Trinajstić information content (AvgIpc) is 2.03. The molecule has 0 N–H and O–H groups in total. The number of rotatable bonds is 3. The van der Waals surface area contributed by atoms with Gasteiger partial charge < -0.3 is 4.74 Å². The topological polar surface area (TPSA) is 22.1 Å². The van der Waals surface area contributed by atoms with E-state index in [4.69, 9.17) is 4.74 Å². The molecule has 11 heavy (non-hydrogen) atoms. The molecule has 0 aromatic carbocycles. The summed E-state index contributed by atoms with van der Waals surface area (Å²) < 4.78 is 5.60. The summed E-state index contributed by atoms with van der Waals surface area (Å²) in [5.41, 5.74) is 0.982. The van der Waals surface area contributed by atoms with E-state index >= 15 is 0 Å². The van der Waals surface area contributed by atoms with E-state index in [9.17, 15) is 0 Å². The van der Waals surface area contributed by atoms with Crippen molar-refractivity contribution in [2.75, 3.05) is 0 Å². The molecule has 2 nitrogen and oxygen atoms in total. The Kier molecular flexibility index (Phi) is 3.79. The van der Waals surface area contributed by atoms with Gasteiger partial charge in [0, 0.05) is 6.20 Å². The first-order chi connectivity index (χ1) is 5.29. The summed E-state index contributed by atoms with van der Waals surface area (Å²) >= 11 is 2.22. The molecule has 0 bridgehead atoms. The highest BCUT2D eigenvalue weighted by Crippen LogP contribution is 2.04. The van der Waals surface area contributed by atoms with Crippen LogP contribution in [0.3, 0.4) is 0 Å². The summed E-state index contributed by atoms with van der Waals surface area (Å²) in [4.78, 5) is 4.12. The maximum Gasteiger partial charge on any atom is 0.106 e. The number of ether oxygens (including phenoxy) is 1. The van der Waals surface area contributed by atoms with Crippen LogP contribution < -0.4 is 0 Å². The quantitative estimate of drug-likeness (QED) is 0.617. The third-order valence-corrected chi connectivity index (χ3v) is 1.55. The first-order valence-corrected chi connectivity index (χ1v) is 4.69.